The fourth-order valence-corrected chi connectivity index (χ4v) is 7.86. The molecule has 0 aromatic carbocycles. The molecule has 9 amide bonds. The van der Waals surface area contributed by atoms with Crippen molar-refractivity contribution in [3.05, 3.63) is 0 Å². The minimum absolute atomic E-state index is 0.0516. The maximum Gasteiger partial charge on any atom is 0.246 e. The van der Waals surface area contributed by atoms with Crippen LogP contribution in [-0.4, -0.2) is 148 Å². The lowest BCUT2D eigenvalue weighted by Crippen LogP contribution is -2.61. The third-order valence-corrected chi connectivity index (χ3v) is 11.5. The average molecular weight is 838 g/mol. The van der Waals surface area contributed by atoms with E-state index in [0.29, 0.717) is 31.4 Å². The highest BCUT2D eigenvalue weighted by molar-refractivity contribution is 7.98. The van der Waals surface area contributed by atoms with E-state index in [2.05, 4.69) is 31.9 Å². The normalized spacial score (nSPS) is 28.6. The molecule has 3 rings (SSSR count). The van der Waals surface area contributed by atoms with Gasteiger partial charge in [-0.1, -0.05) is 34.1 Å². The third kappa shape index (κ3) is 13.3. The second kappa shape index (κ2) is 22.6. The zero-order valence-electron chi connectivity index (χ0n) is 34.5. The number of nitrogens with zero attached hydrogens (tertiary/aromatic N) is 2. The Kier molecular flexibility index (Phi) is 18.7. The summed E-state index contributed by atoms with van der Waals surface area (Å²) < 4.78 is 0. The number of rotatable bonds is 11. The van der Waals surface area contributed by atoms with Crippen LogP contribution in [0.1, 0.15) is 92.4 Å². The number of carbonyl (C=O) groups excluding carboxylic acids is 9. The van der Waals surface area contributed by atoms with E-state index in [-0.39, 0.29) is 57.0 Å². The van der Waals surface area contributed by atoms with Crippen molar-refractivity contribution in [2.45, 2.75) is 141 Å². The van der Waals surface area contributed by atoms with Crippen molar-refractivity contribution in [1.82, 2.24) is 41.7 Å². The van der Waals surface area contributed by atoms with Gasteiger partial charge in [0, 0.05) is 19.5 Å². The Morgan fingerprint density at radius 3 is 1.83 bits per heavy atom. The molecule has 19 nitrogen and oxygen atoms in total. The van der Waals surface area contributed by atoms with E-state index in [1.54, 1.807) is 6.92 Å². The molecule has 0 unspecified atom stereocenters. The summed E-state index contributed by atoms with van der Waals surface area (Å²) in [6.45, 7) is 8.41. The van der Waals surface area contributed by atoms with Gasteiger partial charge in [0.25, 0.3) is 0 Å². The van der Waals surface area contributed by atoms with Crippen molar-refractivity contribution in [2.24, 2.45) is 17.6 Å². The van der Waals surface area contributed by atoms with E-state index in [1.807, 2.05) is 27.0 Å². The van der Waals surface area contributed by atoms with Gasteiger partial charge in [-0.2, -0.15) is 11.8 Å². The van der Waals surface area contributed by atoms with Gasteiger partial charge in [-0.05, 0) is 75.7 Å². The summed E-state index contributed by atoms with van der Waals surface area (Å²) >= 11 is 1.43. The number of thioether (sulfide) groups is 1. The second-order valence-corrected chi connectivity index (χ2v) is 16.8. The summed E-state index contributed by atoms with van der Waals surface area (Å²) in [5.74, 6) is -6.28. The Balaban J connectivity index is 2.06. The molecule has 0 aromatic rings. The van der Waals surface area contributed by atoms with Gasteiger partial charge in [0.2, 0.25) is 53.2 Å². The monoisotopic (exact) mass is 837 g/mol. The third-order valence-electron chi connectivity index (χ3n) is 10.8. The Bertz CT molecular complexity index is 1530. The minimum Gasteiger partial charge on any atom is -0.391 e. The van der Waals surface area contributed by atoms with Crippen LogP contribution in [0.25, 0.3) is 0 Å². The number of fused-ring (bicyclic) bond motifs is 2. The van der Waals surface area contributed by atoms with Crippen LogP contribution in [0, 0.1) is 11.8 Å². The summed E-state index contributed by atoms with van der Waals surface area (Å²) in [6, 6.07) is -8.25. The van der Waals surface area contributed by atoms with Crippen molar-refractivity contribution in [3.63, 3.8) is 0 Å². The molecular formula is C38H63N9O10S. The standard InChI is InChI=1S/C38H63N9O10S/c1-7-21(4)30-38(57)47-16-9-10-26(47)34(53)42-23(12-13-28(39)49)33(52)45-31(22(5)48)36(55)40-19-29(50)41-24(14-17-58-6)32(51)43-25(18-20(2)3)37(56)46-15-8-11-27(46)35(54)44-30/h20-27,30-31,48H,7-19H2,1-6H3,(H2,39,49)(H,40,55)(H,41,50)(H,42,53)(H,43,51)(H,44,54)(H,45,52)/t21-,22+,23-,24-,25-,26-,27-,30-,31-/m0/s1. The average Bonchev–Trinajstić information content (AvgIpc) is 3.87. The van der Waals surface area contributed by atoms with Crippen molar-refractivity contribution < 1.29 is 48.3 Å². The molecular weight excluding hydrogens is 775 g/mol. The highest BCUT2D eigenvalue weighted by atomic mass is 32.2. The smallest absolute Gasteiger partial charge is 0.246 e. The van der Waals surface area contributed by atoms with E-state index in [0.717, 1.165) is 0 Å². The van der Waals surface area contributed by atoms with Crippen LogP contribution in [0.15, 0.2) is 0 Å². The van der Waals surface area contributed by atoms with E-state index < -0.39 is 108 Å². The van der Waals surface area contributed by atoms with Crippen molar-refractivity contribution >= 4 is 64.9 Å². The maximum absolute atomic E-state index is 14.3. The molecule has 3 aliphatic rings. The fraction of sp³-hybridized carbons (Fsp3) is 0.763. The summed E-state index contributed by atoms with van der Waals surface area (Å²) in [7, 11) is 0. The lowest BCUT2D eigenvalue weighted by molar-refractivity contribution is -0.145. The Hall–Kier alpha value is -4.46. The van der Waals surface area contributed by atoms with E-state index in [4.69, 9.17) is 5.73 Å². The molecule has 326 valence electrons. The van der Waals surface area contributed by atoms with Crippen LogP contribution in [0.5, 0.6) is 0 Å². The topological polar surface area (TPSA) is 279 Å². The number of aliphatic hydroxyl groups excluding tert-OH is 1. The van der Waals surface area contributed by atoms with Gasteiger partial charge in [0.1, 0.15) is 42.3 Å². The maximum atomic E-state index is 14.3. The molecule has 20 heteroatoms. The molecule has 9 atom stereocenters. The molecule has 0 aromatic heterocycles. The van der Waals surface area contributed by atoms with Crippen LogP contribution in [0.3, 0.4) is 0 Å². The lowest BCUT2D eigenvalue weighted by atomic mass is 9.96. The van der Waals surface area contributed by atoms with Crippen LogP contribution in [0.2, 0.25) is 0 Å². The number of amides is 9. The zero-order valence-corrected chi connectivity index (χ0v) is 35.3. The predicted molar refractivity (Wildman–Crippen MR) is 214 cm³/mol. The summed E-state index contributed by atoms with van der Waals surface area (Å²) in [6.07, 6.45) is 2.11. The fourth-order valence-electron chi connectivity index (χ4n) is 7.39. The highest BCUT2D eigenvalue weighted by Crippen LogP contribution is 2.25. The lowest BCUT2D eigenvalue weighted by Gasteiger charge is -2.34. The molecule has 9 N–H and O–H groups in total. The highest BCUT2D eigenvalue weighted by Gasteiger charge is 2.44. The Labute approximate surface area is 344 Å². The van der Waals surface area contributed by atoms with Crippen LogP contribution >= 0.6 is 11.8 Å². The molecule has 58 heavy (non-hydrogen) atoms. The number of primary amides is 1. The first kappa shape index (κ1) is 47.9. The first-order chi connectivity index (χ1) is 27.4. The number of hydrogen-bond acceptors (Lipinski definition) is 11. The second-order valence-electron chi connectivity index (χ2n) is 15.9. The number of aliphatic hydroxyl groups is 1. The van der Waals surface area contributed by atoms with Gasteiger partial charge in [-0.25, -0.2) is 0 Å². The largest absolute Gasteiger partial charge is 0.391 e. The van der Waals surface area contributed by atoms with E-state index in [1.165, 1.54) is 28.5 Å². The number of hydrogen-bond donors (Lipinski definition) is 8. The predicted octanol–water partition coefficient (Wildman–Crippen LogP) is -1.99. The summed E-state index contributed by atoms with van der Waals surface area (Å²) in [5.41, 5.74) is 5.35. The molecule has 0 saturated carbocycles. The van der Waals surface area contributed by atoms with Crippen molar-refractivity contribution in [1.29, 1.82) is 0 Å². The first-order valence-electron chi connectivity index (χ1n) is 20.2. The molecule has 3 heterocycles. The van der Waals surface area contributed by atoms with Crippen molar-refractivity contribution in [3.8, 4) is 0 Å². The molecule has 3 fully saturated rings. The van der Waals surface area contributed by atoms with Crippen LogP contribution in [-0.2, 0) is 43.2 Å². The molecule has 3 saturated heterocycles. The molecule has 0 radical (unpaired) electrons. The van der Waals surface area contributed by atoms with Gasteiger partial charge >= 0.3 is 0 Å². The van der Waals surface area contributed by atoms with Gasteiger partial charge in [0.05, 0.1) is 12.6 Å². The molecule has 0 aliphatic carbocycles. The van der Waals surface area contributed by atoms with Crippen LogP contribution < -0.4 is 37.6 Å². The molecule has 3 aliphatic heterocycles. The first-order valence-corrected chi connectivity index (χ1v) is 21.6. The van der Waals surface area contributed by atoms with Gasteiger partial charge in [-0.15, -0.1) is 0 Å². The van der Waals surface area contributed by atoms with Gasteiger partial charge in [0.15, 0.2) is 0 Å². The minimum atomic E-state index is -1.61. The SMILES string of the molecule is CC[C@H](C)[C@@H]1NC(=O)[C@@H]2CCCN2C(=O)[C@H](CC(C)C)NC(=O)[C@H](CCSC)NC(=O)CNC(=O)[C@H]([C@@H](C)O)NC(=O)[C@H](CCC(N)=O)NC(=O)[C@@H]2CCCN2C1=O. The summed E-state index contributed by atoms with van der Waals surface area (Å²) in [5, 5.41) is 26.1. The van der Waals surface area contributed by atoms with E-state index >= 15 is 0 Å². The number of carbonyl (C=O) groups is 9. The Morgan fingerprint density at radius 2 is 1.28 bits per heavy atom. The quantitative estimate of drug-likeness (QED) is 0.113. The van der Waals surface area contributed by atoms with Gasteiger partial charge < -0.3 is 52.5 Å². The number of nitrogens with one attached hydrogen (secondary N) is 6. The van der Waals surface area contributed by atoms with Crippen molar-refractivity contribution in [2.75, 3.05) is 31.6 Å². The molecule has 0 spiro atoms. The summed E-state index contributed by atoms with van der Waals surface area (Å²) in [4.78, 5) is 125. The zero-order chi connectivity index (χ0) is 43.3. The molecule has 0 bridgehead atoms. The van der Waals surface area contributed by atoms with E-state index in [9.17, 15) is 48.3 Å². The Morgan fingerprint density at radius 1 is 0.741 bits per heavy atom. The van der Waals surface area contributed by atoms with Gasteiger partial charge in [-0.3, -0.25) is 43.2 Å². The van der Waals surface area contributed by atoms with Crippen LogP contribution in [0.4, 0.5) is 0 Å². The number of nitrogens with two attached hydrogens (primary N) is 1.